The first-order valence-corrected chi connectivity index (χ1v) is 8.00. The lowest BCUT2D eigenvalue weighted by molar-refractivity contribution is 0.304. The fourth-order valence-corrected chi connectivity index (χ4v) is 3.51. The first kappa shape index (κ1) is 13.7. The number of thiocarbonyl (C=S) groups is 1. The molecule has 2 aromatic carbocycles. The molecule has 1 aliphatic rings. The largest absolute Gasteiger partial charge is 0.478 e. The Kier molecular flexibility index (Phi) is 3.81. The molecule has 3 heteroatoms. The zero-order valence-electron chi connectivity index (χ0n) is 11.6. The van der Waals surface area contributed by atoms with Gasteiger partial charge in [-0.25, -0.2) is 0 Å². The second kappa shape index (κ2) is 5.58. The Morgan fingerprint density at radius 3 is 2.65 bits per heavy atom. The van der Waals surface area contributed by atoms with Crippen LogP contribution in [0.5, 0.6) is 0 Å². The van der Waals surface area contributed by atoms with Gasteiger partial charge in [-0.15, -0.1) is 11.8 Å². The number of rotatable bonds is 2. The molecule has 102 valence electrons. The predicted molar refractivity (Wildman–Crippen MR) is 89.4 cm³/mol. The summed E-state index contributed by atoms with van der Waals surface area (Å²) in [4.78, 5) is 1.28. The third-order valence-electron chi connectivity index (χ3n) is 3.25. The van der Waals surface area contributed by atoms with Crippen molar-refractivity contribution >= 4 is 29.0 Å². The Morgan fingerprint density at radius 2 is 1.85 bits per heavy atom. The standard InChI is InChI=1S/C17H16OS2/c1-11(2)20-13-7-8-15-16(9-13)14-6-4-3-5-12(14)10-18-17(15)19/h3-9,11H,10H2,1-2H3. The van der Waals surface area contributed by atoms with Crippen molar-refractivity contribution in [3.63, 3.8) is 0 Å². The highest BCUT2D eigenvalue weighted by molar-refractivity contribution is 7.99. The summed E-state index contributed by atoms with van der Waals surface area (Å²) in [6.07, 6.45) is 0. The van der Waals surface area contributed by atoms with Gasteiger partial charge in [-0.1, -0.05) is 38.1 Å². The van der Waals surface area contributed by atoms with Crippen molar-refractivity contribution in [2.24, 2.45) is 0 Å². The molecule has 0 unspecified atom stereocenters. The summed E-state index contributed by atoms with van der Waals surface area (Å²) < 4.78 is 5.70. The van der Waals surface area contributed by atoms with Crippen molar-refractivity contribution in [2.45, 2.75) is 30.6 Å². The van der Waals surface area contributed by atoms with Gasteiger partial charge in [0.15, 0.2) is 5.05 Å². The van der Waals surface area contributed by atoms with E-state index in [4.69, 9.17) is 17.0 Å². The van der Waals surface area contributed by atoms with Crippen LogP contribution in [-0.2, 0) is 11.3 Å². The molecular weight excluding hydrogens is 284 g/mol. The third-order valence-corrected chi connectivity index (χ3v) is 4.58. The van der Waals surface area contributed by atoms with Crippen LogP contribution in [-0.4, -0.2) is 10.3 Å². The second-order valence-corrected chi connectivity index (χ2v) is 7.13. The summed E-state index contributed by atoms with van der Waals surface area (Å²) in [5.74, 6) is 0. The third kappa shape index (κ3) is 2.60. The van der Waals surface area contributed by atoms with Crippen LogP contribution in [0.15, 0.2) is 47.4 Å². The van der Waals surface area contributed by atoms with E-state index < -0.39 is 0 Å². The van der Waals surface area contributed by atoms with Crippen molar-refractivity contribution in [2.75, 3.05) is 0 Å². The summed E-state index contributed by atoms with van der Waals surface area (Å²) in [6, 6.07) is 14.8. The average Bonchev–Trinajstić information content (AvgIpc) is 2.57. The number of ether oxygens (including phenoxy) is 1. The van der Waals surface area contributed by atoms with Crippen LogP contribution in [0.2, 0.25) is 0 Å². The van der Waals surface area contributed by atoms with Crippen molar-refractivity contribution < 1.29 is 4.74 Å². The Morgan fingerprint density at radius 1 is 1.05 bits per heavy atom. The van der Waals surface area contributed by atoms with Gasteiger partial charge in [0.2, 0.25) is 0 Å². The van der Waals surface area contributed by atoms with E-state index in [2.05, 4.69) is 50.2 Å². The number of hydrogen-bond acceptors (Lipinski definition) is 3. The van der Waals surface area contributed by atoms with Crippen LogP contribution in [0.25, 0.3) is 11.1 Å². The van der Waals surface area contributed by atoms with Crippen LogP contribution < -0.4 is 0 Å². The molecule has 0 saturated carbocycles. The molecule has 1 nitrogen and oxygen atoms in total. The van der Waals surface area contributed by atoms with Crippen molar-refractivity contribution in [3.05, 3.63) is 53.6 Å². The van der Waals surface area contributed by atoms with Crippen molar-refractivity contribution in [1.29, 1.82) is 0 Å². The number of benzene rings is 2. The number of hydrogen-bond donors (Lipinski definition) is 0. The average molecular weight is 300 g/mol. The topological polar surface area (TPSA) is 9.23 Å². The zero-order valence-corrected chi connectivity index (χ0v) is 13.2. The molecular formula is C17H16OS2. The van der Waals surface area contributed by atoms with E-state index in [-0.39, 0.29) is 0 Å². The Bertz CT molecular complexity index is 662. The second-order valence-electron chi connectivity index (χ2n) is 5.11. The molecule has 0 saturated heterocycles. The Balaban J connectivity index is 2.17. The predicted octanol–water partition coefficient (Wildman–Crippen LogP) is 5.06. The zero-order chi connectivity index (χ0) is 14.1. The van der Waals surface area contributed by atoms with E-state index in [0.717, 1.165) is 5.56 Å². The van der Waals surface area contributed by atoms with E-state index >= 15 is 0 Å². The molecule has 0 radical (unpaired) electrons. The Hall–Kier alpha value is -1.32. The highest BCUT2D eigenvalue weighted by atomic mass is 32.2. The number of fused-ring (bicyclic) bond motifs is 3. The molecule has 0 N–H and O–H groups in total. The summed E-state index contributed by atoms with van der Waals surface area (Å²) in [5, 5.41) is 1.16. The van der Waals surface area contributed by atoms with Crippen LogP contribution in [0.3, 0.4) is 0 Å². The summed E-state index contributed by atoms with van der Waals surface area (Å²) >= 11 is 7.27. The fraction of sp³-hybridized carbons (Fsp3) is 0.235. The van der Waals surface area contributed by atoms with Crippen LogP contribution in [0, 0.1) is 0 Å². The lowest BCUT2D eigenvalue weighted by Gasteiger charge is -2.11. The maximum absolute atomic E-state index is 5.70. The molecule has 3 rings (SSSR count). The molecule has 0 atom stereocenters. The minimum atomic E-state index is 0.552. The van der Waals surface area contributed by atoms with E-state index in [0.29, 0.717) is 16.9 Å². The van der Waals surface area contributed by atoms with Gasteiger partial charge in [0.25, 0.3) is 0 Å². The SMILES string of the molecule is CC(C)Sc1ccc2c(c1)-c1ccccc1COC2=S. The van der Waals surface area contributed by atoms with Crippen LogP contribution in [0.4, 0.5) is 0 Å². The fourth-order valence-electron chi connectivity index (χ4n) is 2.40. The smallest absolute Gasteiger partial charge is 0.192 e. The van der Waals surface area contributed by atoms with E-state index in [1.807, 2.05) is 17.8 Å². The van der Waals surface area contributed by atoms with Crippen molar-refractivity contribution in [3.8, 4) is 11.1 Å². The van der Waals surface area contributed by atoms with Gasteiger partial charge in [0, 0.05) is 15.7 Å². The molecule has 0 spiro atoms. The minimum absolute atomic E-state index is 0.552. The summed E-state index contributed by atoms with van der Waals surface area (Å²) in [5.41, 5.74) is 4.64. The maximum atomic E-state index is 5.70. The first-order valence-electron chi connectivity index (χ1n) is 6.71. The van der Waals surface area contributed by atoms with Crippen molar-refractivity contribution in [1.82, 2.24) is 0 Å². The first-order chi connectivity index (χ1) is 9.65. The normalized spacial score (nSPS) is 13.4. The molecule has 0 amide bonds. The summed E-state index contributed by atoms with van der Waals surface area (Å²) in [6.45, 7) is 4.96. The molecule has 0 aliphatic carbocycles. The van der Waals surface area contributed by atoms with Gasteiger partial charge in [0.05, 0.1) is 0 Å². The molecule has 0 bridgehead atoms. The molecule has 20 heavy (non-hydrogen) atoms. The van der Waals surface area contributed by atoms with Gasteiger partial charge in [-0.05, 0) is 47.1 Å². The maximum Gasteiger partial charge on any atom is 0.192 e. The monoisotopic (exact) mass is 300 g/mol. The van der Waals surface area contributed by atoms with Gasteiger partial charge in [-0.3, -0.25) is 0 Å². The highest BCUT2D eigenvalue weighted by Gasteiger charge is 2.19. The summed E-state index contributed by atoms with van der Waals surface area (Å²) in [7, 11) is 0. The van der Waals surface area contributed by atoms with Gasteiger partial charge in [-0.2, -0.15) is 0 Å². The van der Waals surface area contributed by atoms with Gasteiger partial charge >= 0.3 is 0 Å². The molecule has 1 aliphatic heterocycles. The lowest BCUT2D eigenvalue weighted by atomic mass is 9.97. The highest BCUT2D eigenvalue weighted by Crippen LogP contribution is 2.35. The quantitative estimate of drug-likeness (QED) is 0.567. The molecule has 2 aromatic rings. The molecule has 0 fully saturated rings. The minimum Gasteiger partial charge on any atom is -0.478 e. The van der Waals surface area contributed by atoms with E-state index in [1.165, 1.54) is 21.6 Å². The van der Waals surface area contributed by atoms with E-state index in [9.17, 15) is 0 Å². The van der Waals surface area contributed by atoms with Crippen LogP contribution >= 0.6 is 24.0 Å². The van der Waals surface area contributed by atoms with Crippen LogP contribution in [0.1, 0.15) is 25.0 Å². The molecule has 0 aromatic heterocycles. The number of thioether (sulfide) groups is 1. The molecule has 1 heterocycles. The van der Waals surface area contributed by atoms with Gasteiger partial charge in [0.1, 0.15) is 6.61 Å². The Labute approximate surface area is 129 Å². The van der Waals surface area contributed by atoms with E-state index in [1.54, 1.807) is 0 Å². The lowest BCUT2D eigenvalue weighted by Crippen LogP contribution is -2.01. The van der Waals surface area contributed by atoms with Gasteiger partial charge < -0.3 is 4.74 Å².